The Hall–Kier alpha value is -2.80. The normalized spacial score (nSPS) is 11.9. The van der Waals surface area contributed by atoms with Gasteiger partial charge in [-0.15, -0.1) is 0 Å². The Balaban J connectivity index is 1.64. The lowest BCUT2D eigenvalue weighted by molar-refractivity contribution is 0.670. The van der Waals surface area contributed by atoms with E-state index in [-0.39, 0.29) is 0 Å². The smallest absolute Gasteiger partial charge is 0.136 e. The Kier molecular flexibility index (Phi) is 4.75. The molecule has 4 aromatic carbocycles. The molecule has 0 atom stereocenters. The molecule has 0 fully saturated rings. The minimum absolute atomic E-state index is 0.988. The molecule has 5 rings (SSSR count). The largest absolute Gasteiger partial charge is 0.456 e. The first-order valence-electron chi connectivity index (χ1n) is 11.1. The van der Waals surface area contributed by atoms with Crippen molar-refractivity contribution in [3.63, 3.8) is 0 Å². The molecule has 0 saturated carbocycles. The van der Waals surface area contributed by atoms with Gasteiger partial charge in [0.1, 0.15) is 11.2 Å². The number of hydrogen-bond donors (Lipinski definition) is 0. The molecule has 0 unspecified atom stereocenters. The molecule has 0 aliphatic carbocycles. The van der Waals surface area contributed by atoms with Gasteiger partial charge in [-0.25, -0.2) is 0 Å². The third-order valence-electron chi connectivity index (χ3n) is 6.15. The van der Waals surface area contributed by atoms with E-state index in [9.17, 15) is 0 Å². The summed E-state index contributed by atoms with van der Waals surface area (Å²) >= 11 is 0. The topological polar surface area (TPSA) is 13.1 Å². The van der Waals surface area contributed by atoms with Crippen molar-refractivity contribution in [2.24, 2.45) is 0 Å². The fourth-order valence-corrected chi connectivity index (χ4v) is 4.43. The van der Waals surface area contributed by atoms with Gasteiger partial charge in [0.05, 0.1) is 0 Å². The van der Waals surface area contributed by atoms with E-state index in [0.717, 1.165) is 24.0 Å². The van der Waals surface area contributed by atoms with Crippen LogP contribution in [0.1, 0.15) is 50.7 Å². The molecule has 1 heterocycles. The van der Waals surface area contributed by atoms with E-state index in [2.05, 4.69) is 74.5 Å². The van der Waals surface area contributed by atoms with E-state index >= 15 is 0 Å². The van der Waals surface area contributed by atoms with Gasteiger partial charge in [0.15, 0.2) is 0 Å². The van der Waals surface area contributed by atoms with Gasteiger partial charge in [0.2, 0.25) is 0 Å². The predicted molar refractivity (Wildman–Crippen MR) is 126 cm³/mol. The first-order valence-corrected chi connectivity index (χ1v) is 11.1. The second-order valence-electron chi connectivity index (χ2n) is 8.37. The molecule has 5 aromatic rings. The predicted octanol–water partition coefficient (Wildman–Crippen LogP) is 8.58. The molecule has 0 aliphatic rings. The summed E-state index contributed by atoms with van der Waals surface area (Å²) in [4.78, 5) is 0. The van der Waals surface area contributed by atoms with E-state index in [1.807, 2.05) is 0 Å². The zero-order valence-corrected chi connectivity index (χ0v) is 17.4. The van der Waals surface area contributed by atoms with Crippen molar-refractivity contribution in [3.8, 4) is 0 Å². The van der Waals surface area contributed by atoms with Crippen LogP contribution in [0.15, 0.2) is 65.1 Å². The van der Waals surface area contributed by atoms with E-state index in [1.165, 1.54) is 69.1 Å². The summed E-state index contributed by atoms with van der Waals surface area (Å²) in [6.45, 7) is 4.49. The number of fused-ring (bicyclic) bond motifs is 5. The van der Waals surface area contributed by atoms with Gasteiger partial charge >= 0.3 is 0 Å². The molecule has 0 spiro atoms. The average Bonchev–Trinajstić information content (AvgIpc) is 3.08. The highest BCUT2D eigenvalue weighted by Gasteiger charge is 2.10. The van der Waals surface area contributed by atoms with Crippen LogP contribution in [-0.4, -0.2) is 0 Å². The molecule has 146 valence electrons. The zero-order valence-electron chi connectivity index (χ0n) is 17.4. The van der Waals surface area contributed by atoms with E-state index in [0.29, 0.717) is 0 Å². The van der Waals surface area contributed by atoms with Gasteiger partial charge in [-0.2, -0.15) is 0 Å². The molecular weight excluding hydrogens is 352 g/mol. The highest BCUT2D eigenvalue weighted by atomic mass is 16.3. The summed E-state index contributed by atoms with van der Waals surface area (Å²) in [5, 5.41) is 7.55. The maximum Gasteiger partial charge on any atom is 0.136 e. The van der Waals surface area contributed by atoms with Crippen LogP contribution in [0.2, 0.25) is 0 Å². The minimum Gasteiger partial charge on any atom is -0.456 e. The van der Waals surface area contributed by atoms with Gasteiger partial charge in [-0.1, -0.05) is 63.1 Å². The number of furan rings is 1. The maximum atomic E-state index is 6.31. The first-order chi connectivity index (χ1) is 14.2. The van der Waals surface area contributed by atoms with Crippen LogP contribution in [-0.2, 0) is 12.8 Å². The molecule has 0 aliphatic heterocycles. The number of benzene rings is 4. The summed E-state index contributed by atoms with van der Waals surface area (Å²) in [5.41, 5.74) is 4.81. The summed E-state index contributed by atoms with van der Waals surface area (Å²) < 4.78 is 6.31. The van der Waals surface area contributed by atoms with Crippen LogP contribution < -0.4 is 0 Å². The van der Waals surface area contributed by atoms with Crippen LogP contribution in [0.25, 0.3) is 43.5 Å². The summed E-state index contributed by atoms with van der Waals surface area (Å²) in [6, 6.07) is 22.8. The van der Waals surface area contributed by atoms with Crippen LogP contribution >= 0.6 is 0 Å². The van der Waals surface area contributed by atoms with E-state index in [1.54, 1.807) is 0 Å². The molecule has 0 radical (unpaired) electrons. The fraction of sp³-hybridized carbons (Fsp3) is 0.286. The molecule has 1 heteroatoms. The monoisotopic (exact) mass is 380 g/mol. The quantitative estimate of drug-likeness (QED) is 0.287. The van der Waals surface area contributed by atoms with Crippen molar-refractivity contribution in [1.29, 1.82) is 0 Å². The fourth-order valence-electron chi connectivity index (χ4n) is 4.43. The second-order valence-corrected chi connectivity index (χ2v) is 8.37. The Morgan fingerprint density at radius 2 is 1.03 bits per heavy atom. The van der Waals surface area contributed by atoms with Gasteiger partial charge in [-0.3, -0.25) is 0 Å². The highest BCUT2D eigenvalue weighted by molar-refractivity contribution is 6.13. The third-order valence-corrected chi connectivity index (χ3v) is 6.15. The first kappa shape index (κ1) is 18.2. The SMILES string of the molecule is CCCCc1ccc2cc3c(cc2c1)oc1cc2cc(CCCC)ccc2cc13. The number of aryl methyl sites for hydroxylation is 2. The van der Waals surface area contributed by atoms with Crippen molar-refractivity contribution in [3.05, 3.63) is 71.8 Å². The second kappa shape index (κ2) is 7.55. The molecule has 0 amide bonds. The molecular formula is C28H28O. The van der Waals surface area contributed by atoms with Gasteiger partial charge in [0, 0.05) is 10.8 Å². The average molecular weight is 381 g/mol. The summed E-state index contributed by atoms with van der Waals surface area (Å²) in [6.07, 6.45) is 7.24. The molecule has 0 bridgehead atoms. The molecule has 0 saturated heterocycles. The lowest BCUT2D eigenvalue weighted by Gasteiger charge is -2.04. The van der Waals surface area contributed by atoms with Gasteiger partial charge in [0.25, 0.3) is 0 Å². The lowest BCUT2D eigenvalue weighted by atomic mass is 9.99. The number of unbranched alkanes of at least 4 members (excludes halogenated alkanes) is 2. The maximum absolute atomic E-state index is 6.31. The Morgan fingerprint density at radius 1 is 0.552 bits per heavy atom. The van der Waals surface area contributed by atoms with Crippen LogP contribution in [0.3, 0.4) is 0 Å². The highest BCUT2D eigenvalue weighted by Crippen LogP contribution is 2.35. The zero-order chi connectivity index (χ0) is 19.8. The van der Waals surface area contributed by atoms with E-state index in [4.69, 9.17) is 4.42 Å². The molecule has 1 aromatic heterocycles. The van der Waals surface area contributed by atoms with Crippen molar-refractivity contribution in [1.82, 2.24) is 0 Å². The van der Waals surface area contributed by atoms with Gasteiger partial charge < -0.3 is 4.42 Å². The Morgan fingerprint density at radius 3 is 1.48 bits per heavy atom. The standard InChI is InChI=1S/C28H28O/c1-3-5-7-19-9-11-21-15-25-26-16-22-12-10-20(8-6-4-2)14-24(22)18-28(26)29-27(25)17-23(21)13-19/h9-18H,3-8H2,1-2H3. The minimum atomic E-state index is 0.988. The number of rotatable bonds is 6. The van der Waals surface area contributed by atoms with Crippen molar-refractivity contribution >= 4 is 43.5 Å². The molecule has 0 N–H and O–H groups in total. The molecule has 29 heavy (non-hydrogen) atoms. The summed E-state index contributed by atoms with van der Waals surface area (Å²) in [7, 11) is 0. The van der Waals surface area contributed by atoms with Crippen molar-refractivity contribution in [2.45, 2.75) is 52.4 Å². The number of hydrogen-bond acceptors (Lipinski definition) is 1. The third kappa shape index (κ3) is 3.40. The Labute approximate surface area is 172 Å². The van der Waals surface area contributed by atoms with E-state index < -0.39 is 0 Å². The van der Waals surface area contributed by atoms with Crippen molar-refractivity contribution in [2.75, 3.05) is 0 Å². The van der Waals surface area contributed by atoms with Crippen LogP contribution in [0, 0.1) is 0 Å². The van der Waals surface area contributed by atoms with Crippen molar-refractivity contribution < 1.29 is 4.42 Å². The Bertz CT molecular complexity index is 1220. The van der Waals surface area contributed by atoms with Crippen LogP contribution in [0.4, 0.5) is 0 Å². The lowest BCUT2D eigenvalue weighted by Crippen LogP contribution is -1.85. The molecule has 1 nitrogen and oxygen atoms in total. The van der Waals surface area contributed by atoms with Gasteiger partial charge in [-0.05, 0) is 82.6 Å². The summed E-state index contributed by atoms with van der Waals surface area (Å²) in [5.74, 6) is 0. The van der Waals surface area contributed by atoms with Crippen LogP contribution in [0.5, 0.6) is 0 Å².